The Morgan fingerprint density at radius 3 is 1.35 bits per heavy atom. The van der Waals surface area contributed by atoms with E-state index in [4.69, 9.17) is 0 Å². The third kappa shape index (κ3) is 5.62. The largest absolute Gasteiger partial charge is 0.314 e. The molecule has 0 aliphatic heterocycles. The summed E-state index contributed by atoms with van der Waals surface area (Å²) in [4.78, 5) is 4.70. The summed E-state index contributed by atoms with van der Waals surface area (Å²) in [6, 6.07) is 49.8. The van der Waals surface area contributed by atoms with Gasteiger partial charge in [-0.25, -0.2) is 0 Å². The first kappa shape index (κ1) is 25.5. The second kappa shape index (κ2) is 11.9. The van der Waals surface area contributed by atoms with Crippen LogP contribution in [0.3, 0.4) is 0 Å². The van der Waals surface area contributed by atoms with Crippen LogP contribution in [0.25, 0.3) is 0 Å². The molecule has 0 amide bonds. The molecule has 0 aromatic heterocycles. The zero-order valence-corrected chi connectivity index (χ0v) is 22.9. The topological polar surface area (TPSA) is 6.48 Å². The molecule has 1 atom stereocenters. The van der Waals surface area contributed by atoms with E-state index >= 15 is 0 Å². The molecular weight excluding hydrogens is 484 g/mol. The van der Waals surface area contributed by atoms with Gasteiger partial charge in [0.25, 0.3) is 0 Å². The second-order valence-corrected chi connectivity index (χ2v) is 10.3. The molecule has 0 saturated carbocycles. The molecule has 5 aromatic carbocycles. The Balaban J connectivity index is 1.24. The van der Waals surface area contributed by atoms with Gasteiger partial charge in [0.15, 0.2) is 0 Å². The third-order valence-corrected chi connectivity index (χ3v) is 7.50. The molecule has 0 bridgehead atoms. The van der Waals surface area contributed by atoms with E-state index in [1.54, 1.807) is 0 Å². The highest BCUT2D eigenvalue weighted by molar-refractivity contribution is 5.76. The van der Waals surface area contributed by atoms with E-state index in [2.05, 4.69) is 174 Å². The Labute approximate surface area is 238 Å². The molecule has 5 aromatic rings. The highest BCUT2D eigenvalue weighted by Crippen LogP contribution is 2.36. The Kier molecular flexibility index (Phi) is 7.59. The molecule has 6 rings (SSSR count). The van der Waals surface area contributed by atoms with Crippen LogP contribution < -0.4 is 9.80 Å². The van der Waals surface area contributed by atoms with Crippen molar-refractivity contribution >= 4 is 28.4 Å². The van der Waals surface area contributed by atoms with Crippen LogP contribution in [0.15, 0.2) is 163 Å². The van der Waals surface area contributed by atoms with Crippen LogP contribution in [0, 0.1) is 5.92 Å². The molecule has 1 aliphatic carbocycles. The maximum Gasteiger partial charge on any atom is 0.0461 e. The molecule has 0 heterocycles. The van der Waals surface area contributed by atoms with Crippen LogP contribution >= 0.6 is 0 Å². The predicted molar refractivity (Wildman–Crippen MR) is 170 cm³/mol. The van der Waals surface area contributed by atoms with E-state index in [1.165, 1.54) is 28.2 Å². The molecule has 2 heteroatoms. The number of hydrogen-bond donors (Lipinski definition) is 0. The van der Waals surface area contributed by atoms with Crippen molar-refractivity contribution in [3.63, 3.8) is 0 Å². The minimum atomic E-state index is 0.467. The van der Waals surface area contributed by atoms with Gasteiger partial charge < -0.3 is 9.80 Å². The fourth-order valence-corrected chi connectivity index (χ4v) is 5.42. The number of rotatable bonds is 8. The second-order valence-electron chi connectivity index (χ2n) is 10.3. The number of allylic oxidation sites excluding steroid dienone is 4. The molecule has 0 N–H and O–H groups in total. The van der Waals surface area contributed by atoms with E-state index in [0.29, 0.717) is 5.92 Å². The monoisotopic (exact) mass is 518 g/mol. The normalized spacial score (nSPS) is 14.4. The van der Waals surface area contributed by atoms with Crippen molar-refractivity contribution in [1.82, 2.24) is 0 Å². The Hall–Kier alpha value is -4.82. The maximum absolute atomic E-state index is 2.40. The van der Waals surface area contributed by atoms with E-state index in [9.17, 15) is 0 Å². The summed E-state index contributed by atoms with van der Waals surface area (Å²) in [6.07, 6.45) is 8.65. The number of nitrogens with zero attached hydrogens (tertiary/aromatic N) is 2. The molecule has 0 spiro atoms. The number of para-hydroxylation sites is 3. The standard InChI is InChI=1S/C38H34N2/c1-30-13-11-12-20-38(30)40(35-18-9-4-10-19-35)37-27-23-32(24-28-37)29-31-21-25-36(26-22-31)39(33-14-5-2-6-15-33)34-16-7-3-8-17-34/h2-12,14-28,30H,13,29H2,1H3. The Morgan fingerprint density at radius 2 is 0.900 bits per heavy atom. The number of anilines is 5. The summed E-state index contributed by atoms with van der Waals surface area (Å²) in [7, 11) is 0. The lowest BCUT2D eigenvalue weighted by molar-refractivity contribution is 0.670. The quantitative estimate of drug-likeness (QED) is 0.202. The van der Waals surface area contributed by atoms with E-state index in [-0.39, 0.29) is 0 Å². The average Bonchev–Trinajstić information content (AvgIpc) is 3.02. The van der Waals surface area contributed by atoms with Crippen LogP contribution in [-0.2, 0) is 6.42 Å². The third-order valence-electron chi connectivity index (χ3n) is 7.50. The van der Waals surface area contributed by atoms with Crippen molar-refractivity contribution in [1.29, 1.82) is 0 Å². The first-order valence-electron chi connectivity index (χ1n) is 14.1. The average molecular weight is 519 g/mol. The first-order valence-corrected chi connectivity index (χ1v) is 14.1. The van der Waals surface area contributed by atoms with Gasteiger partial charge in [-0.05, 0) is 90.7 Å². The summed E-state index contributed by atoms with van der Waals surface area (Å²) < 4.78 is 0. The minimum Gasteiger partial charge on any atom is -0.314 e. The maximum atomic E-state index is 2.40. The lowest BCUT2D eigenvalue weighted by atomic mass is 9.96. The fourth-order valence-electron chi connectivity index (χ4n) is 5.42. The van der Waals surface area contributed by atoms with Gasteiger partial charge in [-0.3, -0.25) is 0 Å². The van der Waals surface area contributed by atoms with Crippen molar-refractivity contribution in [2.24, 2.45) is 5.92 Å². The minimum absolute atomic E-state index is 0.467. The lowest BCUT2D eigenvalue weighted by Gasteiger charge is -2.32. The van der Waals surface area contributed by atoms with Crippen molar-refractivity contribution in [3.8, 4) is 0 Å². The highest BCUT2D eigenvalue weighted by Gasteiger charge is 2.20. The summed E-state index contributed by atoms with van der Waals surface area (Å²) >= 11 is 0. The molecule has 1 unspecified atom stereocenters. The van der Waals surface area contributed by atoms with Crippen LogP contribution in [0.5, 0.6) is 0 Å². The number of benzene rings is 5. The van der Waals surface area contributed by atoms with Gasteiger partial charge >= 0.3 is 0 Å². The van der Waals surface area contributed by atoms with Gasteiger partial charge in [0, 0.05) is 40.1 Å². The molecule has 0 saturated heterocycles. The SMILES string of the molecule is CC1CC=CC=C1N(c1ccccc1)c1ccc(Cc2ccc(N(c3ccccc3)c3ccccc3)cc2)cc1. The fraction of sp³-hybridized carbons (Fsp3) is 0.105. The Morgan fingerprint density at radius 1 is 0.500 bits per heavy atom. The van der Waals surface area contributed by atoms with Gasteiger partial charge in [-0.15, -0.1) is 0 Å². The Bertz CT molecular complexity index is 1530. The molecule has 0 radical (unpaired) electrons. The molecule has 40 heavy (non-hydrogen) atoms. The zero-order chi connectivity index (χ0) is 27.1. The first-order chi connectivity index (χ1) is 19.8. The molecular formula is C38H34N2. The summed E-state index contributed by atoms with van der Waals surface area (Å²) in [6.45, 7) is 2.31. The van der Waals surface area contributed by atoms with Gasteiger partial charge in [-0.1, -0.05) is 97.9 Å². The van der Waals surface area contributed by atoms with Crippen molar-refractivity contribution in [3.05, 3.63) is 175 Å². The zero-order valence-electron chi connectivity index (χ0n) is 22.9. The van der Waals surface area contributed by atoms with Crippen LogP contribution in [-0.4, -0.2) is 0 Å². The smallest absolute Gasteiger partial charge is 0.0461 e. The summed E-state index contributed by atoms with van der Waals surface area (Å²) in [5.41, 5.74) is 9.78. The van der Waals surface area contributed by atoms with E-state index in [0.717, 1.165) is 29.9 Å². The molecule has 0 fully saturated rings. The lowest BCUT2D eigenvalue weighted by Crippen LogP contribution is -2.22. The summed E-state index contributed by atoms with van der Waals surface area (Å²) in [5.74, 6) is 0.467. The summed E-state index contributed by atoms with van der Waals surface area (Å²) in [5, 5.41) is 0. The van der Waals surface area contributed by atoms with Gasteiger partial charge in [0.2, 0.25) is 0 Å². The van der Waals surface area contributed by atoms with Gasteiger partial charge in [-0.2, -0.15) is 0 Å². The van der Waals surface area contributed by atoms with Crippen LogP contribution in [0.4, 0.5) is 28.4 Å². The van der Waals surface area contributed by atoms with Crippen molar-refractivity contribution < 1.29 is 0 Å². The van der Waals surface area contributed by atoms with Crippen LogP contribution in [0.2, 0.25) is 0 Å². The van der Waals surface area contributed by atoms with Crippen molar-refractivity contribution in [2.75, 3.05) is 9.80 Å². The highest BCUT2D eigenvalue weighted by atomic mass is 15.2. The van der Waals surface area contributed by atoms with Crippen LogP contribution in [0.1, 0.15) is 24.5 Å². The number of hydrogen-bond acceptors (Lipinski definition) is 2. The van der Waals surface area contributed by atoms with Gasteiger partial charge in [0.05, 0.1) is 0 Å². The molecule has 196 valence electrons. The predicted octanol–water partition coefficient (Wildman–Crippen LogP) is 10.4. The van der Waals surface area contributed by atoms with Gasteiger partial charge in [0.1, 0.15) is 0 Å². The van der Waals surface area contributed by atoms with E-state index < -0.39 is 0 Å². The molecule has 2 nitrogen and oxygen atoms in total. The van der Waals surface area contributed by atoms with Crippen molar-refractivity contribution in [2.45, 2.75) is 19.8 Å². The van der Waals surface area contributed by atoms with E-state index in [1.807, 2.05) is 0 Å². The molecule has 1 aliphatic rings.